The summed E-state index contributed by atoms with van der Waals surface area (Å²) in [5.74, 6) is 0.394. The molecule has 24 heavy (non-hydrogen) atoms. The minimum absolute atomic E-state index is 0.0222. The summed E-state index contributed by atoms with van der Waals surface area (Å²) >= 11 is 0. The summed E-state index contributed by atoms with van der Waals surface area (Å²) in [7, 11) is -3.33. The molecule has 1 aromatic carbocycles. The van der Waals surface area contributed by atoms with Gasteiger partial charge < -0.3 is 11.1 Å². The molecule has 1 atom stereocenters. The molecule has 134 valence electrons. The first-order valence-corrected chi connectivity index (χ1v) is 10.5. The number of nitrogens with zero attached hydrogens (tertiary/aromatic N) is 1. The molecule has 1 aromatic rings. The number of guanidine groups is 1. The summed E-state index contributed by atoms with van der Waals surface area (Å²) in [5, 5.41) is 3.11. The fraction of sp³-hybridized carbons (Fsp3) is 0.611. The van der Waals surface area contributed by atoms with Gasteiger partial charge in [-0.05, 0) is 31.4 Å². The Morgan fingerprint density at radius 1 is 1.21 bits per heavy atom. The van der Waals surface area contributed by atoms with Crippen LogP contribution in [0.15, 0.2) is 40.2 Å². The molecule has 5 nitrogen and oxygen atoms in total. The lowest BCUT2D eigenvalue weighted by molar-refractivity contribution is 0.561. The van der Waals surface area contributed by atoms with Crippen LogP contribution in [-0.2, 0) is 9.84 Å². The SMILES string of the molecule is CCC(CS(=O)(=O)c1ccccc1)NC(N)=NC1CCCCCC1. The third-order valence-corrected chi connectivity index (χ3v) is 6.35. The van der Waals surface area contributed by atoms with E-state index in [9.17, 15) is 8.42 Å². The first-order valence-electron chi connectivity index (χ1n) is 8.89. The van der Waals surface area contributed by atoms with Crippen molar-refractivity contribution in [2.45, 2.75) is 68.8 Å². The van der Waals surface area contributed by atoms with E-state index in [1.165, 1.54) is 25.7 Å². The topological polar surface area (TPSA) is 84.5 Å². The second-order valence-corrected chi connectivity index (χ2v) is 8.54. The van der Waals surface area contributed by atoms with Crippen LogP contribution in [0.4, 0.5) is 0 Å². The lowest BCUT2D eigenvalue weighted by atomic mass is 10.1. The van der Waals surface area contributed by atoms with Crippen molar-refractivity contribution in [3.8, 4) is 0 Å². The van der Waals surface area contributed by atoms with E-state index >= 15 is 0 Å². The van der Waals surface area contributed by atoms with E-state index in [2.05, 4.69) is 10.3 Å². The van der Waals surface area contributed by atoms with Gasteiger partial charge in [-0.3, -0.25) is 4.99 Å². The Morgan fingerprint density at radius 2 is 1.83 bits per heavy atom. The predicted molar refractivity (Wildman–Crippen MR) is 98.8 cm³/mol. The fourth-order valence-corrected chi connectivity index (χ4v) is 4.69. The number of aliphatic imine (C=N–C) groups is 1. The summed E-state index contributed by atoms with van der Waals surface area (Å²) < 4.78 is 25.0. The highest BCUT2D eigenvalue weighted by atomic mass is 32.2. The minimum Gasteiger partial charge on any atom is -0.370 e. The van der Waals surface area contributed by atoms with Crippen molar-refractivity contribution in [2.24, 2.45) is 10.7 Å². The van der Waals surface area contributed by atoms with Crippen LogP contribution in [0.2, 0.25) is 0 Å². The van der Waals surface area contributed by atoms with Crippen molar-refractivity contribution in [2.75, 3.05) is 5.75 Å². The van der Waals surface area contributed by atoms with Crippen molar-refractivity contribution in [1.82, 2.24) is 5.32 Å². The third-order valence-electron chi connectivity index (χ3n) is 4.51. The highest BCUT2D eigenvalue weighted by Gasteiger charge is 2.21. The van der Waals surface area contributed by atoms with Crippen molar-refractivity contribution < 1.29 is 8.42 Å². The molecule has 3 N–H and O–H groups in total. The molecular weight excluding hydrogens is 322 g/mol. The monoisotopic (exact) mass is 351 g/mol. The van der Waals surface area contributed by atoms with Gasteiger partial charge in [0.05, 0.1) is 16.7 Å². The maximum Gasteiger partial charge on any atom is 0.189 e. The summed E-state index contributed by atoms with van der Waals surface area (Å²) in [5.41, 5.74) is 6.03. The van der Waals surface area contributed by atoms with E-state index in [0.717, 1.165) is 12.8 Å². The van der Waals surface area contributed by atoms with Gasteiger partial charge >= 0.3 is 0 Å². The average molecular weight is 352 g/mol. The Labute approximate surface area is 145 Å². The largest absolute Gasteiger partial charge is 0.370 e. The number of benzene rings is 1. The van der Waals surface area contributed by atoms with Crippen LogP contribution in [0.3, 0.4) is 0 Å². The second kappa shape index (κ2) is 9.06. The maximum absolute atomic E-state index is 12.5. The van der Waals surface area contributed by atoms with Crippen LogP contribution in [0.1, 0.15) is 51.9 Å². The highest BCUT2D eigenvalue weighted by Crippen LogP contribution is 2.19. The molecular formula is C18H29N3O2S. The summed E-state index contributed by atoms with van der Waals surface area (Å²) in [6, 6.07) is 8.59. The molecule has 0 saturated heterocycles. The van der Waals surface area contributed by atoms with E-state index in [4.69, 9.17) is 5.73 Å². The fourth-order valence-electron chi connectivity index (χ4n) is 3.08. The van der Waals surface area contributed by atoms with Crippen LogP contribution in [0, 0.1) is 0 Å². The van der Waals surface area contributed by atoms with E-state index in [1.807, 2.05) is 13.0 Å². The van der Waals surface area contributed by atoms with Gasteiger partial charge in [0.25, 0.3) is 0 Å². The van der Waals surface area contributed by atoms with Crippen molar-refractivity contribution in [1.29, 1.82) is 0 Å². The molecule has 0 amide bonds. The molecule has 0 radical (unpaired) electrons. The Bertz CT molecular complexity index is 621. The van der Waals surface area contributed by atoms with Crippen molar-refractivity contribution in [3.63, 3.8) is 0 Å². The van der Waals surface area contributed by atoms with E-state index in [-0.39, 0.29) is 17.8 Å². The molecule has 1 unspecified atom stereocenters. The van der Waals surface area contributed by atoms with Crippen LogP contribution >= 0.6 is 0 Å². The van der Waals surface area contributed by atoms with Gasteiger partial charge in [-0.2, -0.15) is 0 Å². The van der Waals surface area contributed by atoms with E-state index in [1.54, 1.807) is 24.3 Å². The third kappa shape index (κ3) is 5.82. The number of hydrogen-bond donors (Lipinski definition) is 2. The highest BCUT2D eigenvalue weighted by molar-refractivity contribution is 7.91. The molecule has 0 aromatic heterocycles. The zero-order chi connectivity index (χ0) is 17.4. The standard InChI is InChI=1S/C18H29N3O2S/c1-2-15(14-24(22,23)17-12-8-5-9-13-17)20-18(19)21-16-10-6-3-4-7-11-16/h5,8-9,12-13,15-16H,2-4,6-7,10-11,14H2,1H3,(H3,19,20,21). The van der Waals surface area contributed by atoms with Gasteiger partial charge in [-0.15, -0.1) is 0 Å². The van der Waals surface area contributed by atoms with E-state index in [0.29, 0.717) is 17.3 Å². The molecule has 0 bridgehead atoms. The Kier molecular flexibility index (Phi) is 7.09. The lowest BCUT2D eigenvalue weighted by Crippen LogP contribution is -2.44. The zero-order valence-corrected chi connectivity index (χ0v) is 15.3. The molecule has 6 heteroatoms. The molecule has 1 saturated carbocycles. The van der Waals surface area contributed by atoms with Crippen LogP contribution in [-0.4, -0.2) is 32.2 Å². The Morgan fingerprint density at radius 3 is 2.42 bits per heavy atom. The number of nitrogens with one attached hydrogen (secondary N) is 1. The average Bonchev–Trinajstić information content (AvgIpc) is 2.83. The number of hydrogen-bond acceptors (Lipinski definition) is 3. The molecule has 0 aliphatic heterocycles. The molecule has 0 heterocycles. The van der Waals surface area contributed by atoms with Gasteiger partial charge in [0.2, 0.25) is 0 Å². The zero-order valence-electron chi connectivity index (χ0n) is 14.4. The van der Waals surface area contributed by atoms with Crippen LogP contribution in [0.25, 0.3) is 0 Å². The molecule has 1 fully saturated rings. The van der Waals surface area contributed by atoms with Crippen molar-refractivity contribution >= 4 is 15.8 Å². The number of sulfone groups is 1. The smallest absolute Gasteiger partial charge is 0.189 e. The van der Waals surface area contributed by atoms with Crippen LogP contribution in [0.5, 0.6) is 0 Å². The normalized spacial score (nSPS) is 18.8. The van der Waals surface area contributed by atoms with Gasteiger partial charge in [0.1, 0.15) is 0 Å². The Hall–Kier alpha value is -1.56. The quantitative estimate of drug-likeness (QED) is 0.469. The summed E-state index contributed by atoms with van der Waals surface area (Å²) in [6.07, 6.45) is 7.75. The van der Waals surface area contributed by atoms with Gasteiger partial charge in [0, 0.05) is 6.04 Å². The van der Waals surface area contributed by atoms with Crippen LogP contribution < -0.4 is 11.1 Å². The Balaban J connectivity index is 1.98. The molecule has 0 spiro atoms. The number of rotatable bonds is 6. The second-order valence-electron chi connectivity index (χ2n) is 6.50. The minimum atomic E-state index is -3.33. The first kappa shape index (κ1) is 18.8. The maximum atomic E-state index is 12.5. The summed E-state index contributed by atoms with van der Waals surface area (Å²) in [4.78, 5) is 4.93. The molecule has 1 aliphatic carbocycles. The number of nitrogens with two attached hydrogens (primary N) is 1. The first-order chi connectivity index (χ1) is 11.5. The lowest BCUT2D eigenvalue weighted by Gasteiger charge is -2.19. The van der Waals surface area contributed by atoms with Gasteiger partial charge in [-0.25, -0.2) is 8.42 Å². The van der Waals surface area contributed by atoms with E-state index < -0.39 is 9.84 Å². The molecule has 1 aliphatic rings. The van der Waals surface area contributed by atoms with Gasteiger partial charge in [0.15, 0.2) is 15.8 Å². The molecule has 2 rings (SSSR count). The van der Waals surface area contributed by atoms with Gasteiger partial charge in [-0.1, -0.05) is 50.8 Å². The van der Waals surface area contributed by atoms with Crippen molar-refractivity contribution in [3.05, 3.63) is 30.3 Å². The predicted octanol–water partition coefficient (Wildman–Crippen LogP) is 2.87. The summed E-state index contributed by atoms with van der Waals surface area (Å²) in [6.45, 7) is 1.96.